The minimum Gasteiger partial charge on any atom is -0.289 e. The Morgan fingerprint density at radius 2 is 1.44 bits per heavy atom. The van der Waals surface area contributed by atoms with Crippen LogP contribution in [0.25, 0.3) is 0 Å². The number of hydrogen-bond acceptors (Lipinski definition) is 1. The molecule has 2 aromatic carbocycles. The van der Waals surface area contributed by atoms with Gasteiger partial charge in [0.1, 0.15) is 0 Å². The SMILES string of the molecule is Cc1c(Cl)cccc1C(=O)c1cccc(Cl)c1Cl. The van der Waals surface area contributed by atoms with E-state index in [0.29, 0.717) is 21.2 Å². The molecule has 1 nitrogen and oxygen atoms in total. The van der Waals surface area contributed by atoms with E-state index in [9.17, 15) is 4.79 Å². The van der Waals surface area contributed by atoms with E-state index in [0.717, 1.165) is 5.56 Å². The molecular weight excluding hydrogens is 291 g/mol. The van der Waals surface area contributed by atoms with Gasteiger partial charge in [-0.2, -0.15) is 0 Å². The molecule has 0 aliphatic carbocycles. The van der Waals surface area contributed by atoms with Crippen molar-refractivity contribution in [3.63, 3.8) is 0 Å². The third-order valence-corrected chi connectivity index (χ3v) is 3.94. The van der Waals surface area contributed by atoms with Gasteiger partial charge >= 0.3 is 0 Å². The highest BCUT2D eigenvalue weighted by molar-refractivity contribution is 6.44. The minimum atomic E-state index is -0.178. The highest BCUT2D eigenvalue weighted by atomic mass is 35.5. The van der Waals surface area contributed by atoms with E-state index in [1.54, 1.807) is 43.3 Å². The lowest BCUT2D eigenvalue weighted by atomic mass is 9.99. The van der Waals surface area contributed by atoms with Crippen molar-refractivity contribution in [2.24, 2.45) is 0 Å². The van der Waals surface area contributed by atoms with Crippen LogP contribution in [-0.4, -0.2) is 5.78 Å². The van der Waals surface area contributed by atoms with Crippen LogP contribution < -0.4 is 0 Å². The molecule has 0 fully saturated rings. The van der Waals surface area contributed by atoms with Crippen molar-refractivity contribution in [3.8, 4) is 0 Å². The van der Waals surface area contributed by atoms with Gasteiger partial charge in [0.05, 0.1) is 10.0 Å². The molecule has 0 atom stereocenters. The lowest BCUT2D eigenvalue weighted by Crippen LogP contribution is -2.04. The fourth-order valence-corrected chi connectivity index (χ4v) is 2.24. The monoisotopic (exact) mass is 298 g/mol. The number of halogens is 3. The Morgan fingerprint density at radius 1 is 0.889 bits per heavy atom. The zero-order valence-corrected chi connectivity index (χ0v) is 11.8. The standard InChI is InChI=1S/C14H9Cl3O/c1-8-9(4-2-6-11(8)15)14(18)10-5-3-7-12(16)13(10)17/h2-7H,1H3. The van der Waals surface area contributed by atoms with Gasteiger partial charge in [-0.15, -0.1) is 0 Å². The average Bonchev–Trinajstić information content (AvgIpc) is 2.35. The molecule has 18 heavy (non-hydrogen) atoms. The van der Waals surface area contributed by atoms with E-state index in [2.05, 4.69) is 0 Å². The average molecular weight is 300 g/mol. The molecule has 0 radical (unpaired) electrons. The predicted octanol–water partition coefficient (Wildman–Crippen LogP) is 5.19. The maximum absolute atomic E-state index is 12.4. The highest BCUT2D eigenvalue weighted by Gasteiger charge is 2.17. The second-order valence-electron chi connectivity index (χ2n) is 3.84. The Balaban J connectivity index is 2.55. The molecule has 0 saturated carbocycles. The summed E-state index contributed by atoms with van der Waals surface area (Å²) in [5, 5.41) is 1.18. The highest BCUT2D eigenvalue weighted by Crippen LogP contribution is 2.29. The van der Waals surface area contributed by atoms with Crippen LogP contribution in [0.1, 0.15) is 21.5 Å². The molecular formula is C14H9Cl3O. The summed E-state index contributed by atoms with van der Waals surface area (Å²) >= 11 is 18.0. The molecule has 0 spiro atoms. The Hall–Kier alpha value is -1.02. The number of carbonyl (C=O) groups excluding carboxylic acids is 1. The number of rotatable bonds is 2. The molecule has 0 aliphatic heterocycles. The summed E-state index contributed by atoms with van der Waals surface area (Å²) in [4.78, 5) is 12.4. The number of carbonyl (C=O) groups is 1. The Labute approximate surface area is 120 Å². The maximum Gasteiger partial charge on any atom is 0.194 e. The molecule has 0 aliphatic rings. The van der Waals surface area contributed by atoms with Crippen LogP contribution in [0.5, 0.6) is 0 Å². The molecule has 0 aromatic heterocycles. The summed E-state index contributed by atoms with van der Waals surface area (Å²) in [5.74, 6) is -0.178. The quantitative estimate of drug-likeness (QED) is 0.698. The van der Waals surface area contributed by atoms with Gasteiger partial charge in [-0.3, -0.25) is 4.79 Å². The summed E-state index contributed by atoms with van der Waals surface area (Å²) < 4.78 is 0. The van der Waals surface area contributed by atoms with E-state index < -0.39 is 0 Å². The third kappa shape index (κ3) is 2.39. The van der Waals surface area contributed by atoms with Gasteiger partial charge < -0.3 is 0 Å². The fourth-order valence-electron chi connectivity index (χ4n) is 1.68. The first-order valence-corrected chi connectivity index (χ1v) is 6.39. The second-order valence-corrected chi connectivity index (χ2v) is 5.04. The fraction of sp³-hybridized carbons (Fsp3) is 0.0714. The van der Waals surface area contributed by atoms with Crippen LogP contribution in [0, 0.1) is 6.92 Å². The predicted molar refractivity (Wildman–Crippen MR) is 76.1 cm³/mol. The van der Waals surface area contributed by atoms with Gasteiger partial charge in [0.25, 0.3) is 0 Å². The van der Waals surface area contributed by atoms with Crippen LogP contribution in [0.15, 0.2) is 36.4 Å². The van der Waals surface area contributed by atoms with Crippen molar-refractivity contribution in [2.75, 3.05) is 0 Å². The molecule has 0 N–H and O–H groups in total. The number of hydrogen-bond donors (Lipinski definition) is 0. The zero-order chi connectivity index (χ0) is 13.3. The number of benzene rings is 2. The van der Waals surface area contributed by atoms with Gasteiger partial charge in [0.15, 0.2) is 5.78 Å². The summed E-state index contributed by atoms with van der Waals surface area (Å²) in [6.45, 7) is 1.80. The van der Waals surface area contributed by atoms with Crippen molar-refractivity contribution in [3.05, 3.63) is 68.2 Å². The molecule has 0 amide bonds. The molecule has 2 aromatic rings. The van der Waals surface area contributed by atoms with Crippen molar-refractivity contribution >= 4 is 40.6 Å². The van der Waals surface area contributed by atoms with Gasteiger partial charge in [-0.25, -0.2) is 0 Å². The first-order valence-electron chi connectivity index (χ1n) is 5.26. The Bertz CT molecular complexity index is 567. The van der Waals surface area contributed by atoms with E-state index in [4.69, 9.17) is 34.8 Å². The third-order valence-electron chi connectivity index (χ3n) is 2.71. The molecule has 0 unspecified atom stereocenters. The molecule has 92 valence electrons. The van der Waals surface area contributed by atoms with Crippen molar-refractivity contribution in [1.29, 1.82) is 0 Å². The lowest BCUT2D eigenvalue weighted by molar-refractivity contribution is 0.103. The summed E-state index contributed by atoms with van der Waals surface area (Å²) in [6, 6.07) is 10.2. The van der Waals surface area contributed by atoms with E-state index in [-0.39, 0.29) is 10.8 Å². The second kappa shape index (κ2) is 5.31. The van der Waals surface area contributed by atoms with E-state index >= 15 is 0 Å². The Kier molecular flexibility index (Phi) is 3.96. The number of ketones is 1. The summed E-state index contributed by atoms with van der Waals surface area (Å²) in [5.41, 5.74) is 1.65. The molecule has 0 bridgehead atoms. The molecule has 0 heterocycles. The van der Waals surface area contributed by atoms with E-state index in [1.807, 2.05) is 0 Å². The lowest BCUT2D eigenvalue weighted by Gasteiger charge is -2.08. The zero-order valence-electron chi connectivity index (χ0n) is 9.51. The van der Waals surface area contributed by atoms with Gasteiger partial charge in [0, 0.05) is 16.1 Å². The molecule has 2 rings (SSSR count). The van der Waals surface area contributed by atoms with Gasteiger partial charge in [-0.05, 0) is 30.7 Å². The normalized spacial score (nSPS) is 10.4. The maximum atomic E-state index is 12.4. The molecule has 0 saturated heterocycles. The van der Waals surface area contributed by atoms with Crippen LogP contribution >= 0.6 is 34.8 Å². The first kappa shape index (κ1) is 13.4. The largest absolute Gasteiger partial charge is 0.289 e. The van der Waals surface area contributed by atoms with Gasteiger partial charge in [-0.1, -0.05) is 53.0 Å². The summed E-state index contributed by atoms with van der Waals surface area (Å²) in [6.07, 6.45) is 0. The smallest absolute Gasteiger partial charge is 0.194 e. The van der Waals surface area contributed by atoms with Gasteiger partial charge in [0.2, 0.25) is 0 Å². The van der Waals surface area contributed by atoms with Crippen LogP contribution in [0.3, 0.4) is 0 Å². The van der Waals surface area contributed by atoms with Crippen LogP contribution in [0.2, 0.25) is 15.1 Å². The molecule has 4 heteroatoms. The van der Waals surface area contributed by atoms with E-state index in [1.165, 1.54) is 0 Å². The summed E-state index contributed by atoms with van der Waals surface area (Å²) in [7, 11) is 0. The first-order chi connectivity index (χ1) is 8.52. The van der Waals surface area contributed by atoms with Crippen molar-refractivity contribution in [1.82, 2.24) is 0 Å². The minimum absolute atomic E-state index is 0.178. The van der Waals surface area contributed by atoms with Crippen LogP contribution in [-0.2, 0) is 0 Å². The Morgan fingerprint density at radius 3 is 2.11 bits per heavy atom. The van der Waals surface area contributed by atoms with Crippen LogP contribution in [0.4, 0.5) is 0 Å². The van der Waals surface area contributed by atoms with Crippen molar-refractivity contribution < 1.29 is 4.79 Å². The van der Waals surface area contributed by atoms with Crippen molar-refractivity contribution in [2.45, 2.75) is 6.92 Å². The topological polar surface area (TPSA) is 17.1 Å².